The van der Waals surface area contributed by atoms with E-state index in [9.17, 15) is 30.7 Å². The van der Waals surface area contributed by atoms with Crippen molar-refractivity contribution < 1.29 is 60.0 Å². The summed E-state index contributed by atoms with van der Waals surface area (Å²) < 4.78 is 90.8. The first-order valence-corrected chi connectivity index (χ1v) is 11.2. The van der Waals surface area contributed by atoms with E-state index in [2.05, 4.69) is 21.2 Å². The van der Waals surface area contributed by atoms with Gasteiger partial charge in [0.15, 0.2) is 5.82 Å². The summed E-state index contributed by atoms with van der Waals surface area (Å²) in [5, 5.41) is 18.5. The maximum Gasteiger partial charge on any atom is 0.490 e. The summed E-state index contributed by atoms with van der Waals surface area (Å²) in [7, 11) is 1.94. The molecular formula is C22H25F7N4O6. The van der Waals surface area contributed by atoms with Crippen molar-refractivity contribution in [2.75, 3.05) is 19.7 Å². The fourth-order valence-electron chi connectivity index (χ4n) is 3.77. The van der Waals surface area contributed by atoms with E-state index >= 15 is 0 Å². The number of aliphatic carboxylic acids is 2. The zero-order chi connectivity index (χ0) is 29.4. The second-order valence-electron chi connectivity index (χ2n) is 8.63. The largest absolute Gasteiger partial charge is 0.490 e. The molecule has 39 heavy (non-hydrogen) atoms. The fraction of sp³-hybridized carbons (Fsp3) is 0.545. The van der Waals surface area contributed by atoms with Gasteiger partial charge in [0.25, 0.3) is 5.88 Å². The third-order valence-electron chi connectivity index (χ3n) is 5.59. The number of alkyl halides is 6. The molecule has 2 aromatic rings. The number of aromatic nitrogens is 3. The molecule has 2 aliphatic heterocycles. The maximum absolute atomic E-state index is 13.7. The molecule has 2 N–H and O–H groups in total. The van der Waals surface area contributed by atoms with E-state index in [-0.39, 0.29) is 17.6 Å². The predicted octanol–water partition coefficient (Wildman–Crippen LogP) is 3.42. The van der Waals surface area contributed by atoms with Crippen molar-refractivity contribution in [1.82, 2.24) is 19.7 Å². The Hall–Kier alpha value is -3.47. The van der Waals surface area contributed by atoms with Crippen LogP contribution in [0.2, 0.25) is 0 Å². The number of halogens is 7. The van der Waals surface area contributed by atoms with E-state index < -0.39 is 30.1 Å². The first kappa shape index (κ1) is 31.7. The smallest absolute Gasteiger partial charge is 0.475 e. The van der Waals surface area contributed by atoms with Gasteiger partial charge in [-0.15, -0.1) is 0 Å². The van der Waals surface area contributed by atoms with Gasteiger partial charge in [0.2, 0.25) is 0 Å². The Bertz CT molecular complexity index is 1080. The summed E-state index contributed by atoms with van der Waals surface area (Å²) in [5.41, 5.74) is 1.10. The molecule has 0 aromatic carbocycles. The predicted molar refractivity (Wildman–Crippen MR) is 117 cm³/mol. The average Bonchev–Trinajstić information content (AvgIpc) is 3.42. The molecule has 0 aliphatic carbocycles. The van der Waals surface area contributed by atoms with E-state index in [0.717, 1.165) is 38.9 Å². The number of carboxylic acid groups (broad SMARTS) is 2. The molecule has 218 valence electrons. The Morgan fingerprint density at radius 2 is 1.69 bits per heavy atom. The van der Waals surface area contributed by atoms with Crippen LogP contribution in [0.25, 0.3) is 0 Å². The van der Waals surface area contributed by atoms with E-state index in [0.29, 0.717) is 6.61 Å². The van der Waals surface area contributed by atoms with Crippen molar-refractivity contribution in [2.45, 2.75) is 49.9 Å². The number of carbonyl (C=O) groups is 2. The monoisotopic (exact) mass is 574 g/mol. The highest BCUT2D eigenvalue weighted by Crippen LogP contribution is 2.37. The van der Waals surface area contributed by atoms with Gasteiger partial charge in [-0.25, -0.2) is 19.0 Å². The van der Waals surface area contributed by atoms with Gasteiger partial charge in [0, 0.05) is 51.1 Å². The van der Waals surface area contributed by atoms with Gasteiger partial charge in [-0.1, -0.05) is 0 Å². The molecule has 2 aliphatic rings. The van der Waals surface area contributed by atoms with Crippen LogP contribution in [0.4, 0.5) is 30.7 Å². The molecule has 1 spiro atoms. The summed E-state index contributed by atoms with van der Waals surface area (Å²) in [6.07, 6.45) is -2.04. The highest BCUT2D eigenvalue weighted by molar-refractivity contribution is 5.73. The number of likely N-dealkylation sites (tertiary alicyclic amines) is 1. The van der Waals surface area contributed by atoms with Gasteiger partial charge in [0.05, 0.1) is 18.4 Å². The van der Waals surface area contributed by atoms with Crippen LogP contribution in [-0.2, 0) is 27.9 Å². The molecule has 2 saturated heterocycles. The summed E-state index contributed by atoms with van der Waals surface area (Å²) in [4.78, 5) is 24.2. The average molecular weight is 574 g/mol. The van der Waals surface area contributed by atoms with Crippen molar-refractivity contribution in [1.29, 1.82) is 0 Å². The molecule has 2 aromatic heterocycles. The van der Waals surface area contributed by atoms with Gasteiger partial charge in [0.1, 0.15) is 6.10 Å². The van der Waals surface area contributed by atoms with Gasteiger partial charge in [-0.05, 0) is 25.0 Å². The maximum atomic E-state index is 13.7. The molecule has 10 nitrogen and oxygen atoms in total. The van der Waals surface area contributed by atoms with Crippen molar-refractivity contribution >= 4 is 11.9 Å². The Morgan fingerprint density at radius 3 is 2.15 bits per heavy atom. The minimum Gasteiger partial charge on any atom is -0.475 e. The van der Waals surface area contributed by atoms with E-state index in [1.807, 2.05) is 17.9 Å². The number of ether oxygens (including phenoxy) is 2. The second-order valence-corrected chi connectivity index (χ2v) is 8.63. The van der Waals surface area contributed by atoms with E-state index in [4.69, 9.17) is 29.3 Å². The van der Waals surface area contributed by atoms with Crippen LogP contribution in [-0.4, -0.2) is 85.6 Å². The third kappa shape index (κ3) is 10.3. The third-order valence-corrected chi connectivity index (χ3v) is 5.59. The first-order valence-electron chi connectivity index (χ1n) is 11.2. The van der Waals surface area contributed by atoms with Crippen molar-refractivity contribution in [3.63, 3.8) is 0 Å². The number of hydrogen-bond donors (Lipinski definition) is 2. The number of pyridine rings is 1. The quantitative estimate of drug-likeness (QED) is 0.528. The molecule has 2 fully saturated rings. The van der Waals surface area contributed by atoms with Crippen LogP contribution < -0.4 is 4.74 Å². The number of nitrogens with zero attached hydrogens (tertiary/aromatic N) is 4. The second kappa shape index (κ2) is 13.1. The van der Waals surface area contributed by atoms with Crippen molar-refractivity contribution in [2.24, 2.45) is 7.05 Å². The summed E-state index contributed by atoms with van der Waals surface area (Å²) in [6.45, 7) is 3.39. The molecule has 0 saturated carbocycles. The minimum atomic E-state index is -5.08. The lowest BCUT2D eigenvalue weighted by Gasteiger charge is -2.38. The minimum absolute atomic E-state index is 0.0714. The molecule has 0 bridgehead atoms. The normalized spacial score (nSPS) is 18.9. The molecule has 1 atom stereocenters. The molecule has 4 heterocycles. The van der Waals surface area contributed by atoms with Crippen LogP contribution in [0.1, 0.15) is 24.8 Å². The van der Waals surface area contributed by atoms with Gasteiger partial charge < -0.3 is 19.7 Å². The van der Waals surface area contributed by atoms with Crippen LogP contribution in [0.15, 0.2) is 30.7 Å². The Morgan fingerprint density at radius 1 is 1.13 bits per heavy atom. The summed E-state index contributed by atoms with van der Waals surface area (Å²) in [6, 6.07) is 2.93. The molecule has 0 amide bonds. The van der Waals surface area contributed by atoms with Crippen LogP contribution >= 0.6 is 0 Å². The van der Waals surface area contributed by atoms with Crippen molar-refractivity contribution in [3.05, 3.63) is 42.1 Å². The number of carboxylic acids is 2. The lowest BCUT2D eigenvalue weighted by atomic mass is 9.88. The molecule has 17 heteroatoms. The molecule has 0 radical (unpaired) electrons. The number of rotatable bonds is 4. The molecule has 1 unspecified atom stereocenters. The molecular weight excluding hydrogens is 549 g/mol. The van der Waals surface area contributed by atoms with Gasteiger partial charge >= 0.3 is 24.3 Å². The number of aryl methyl sites for hydroxylation is 1. The topological polar surface area (TPSA) is 127 Å². The van der Waals surface area contributed by atoms with Crippen LogP contribution in [0.5, 0.6) is 5.88 Å². The van der Waals surface area contributed by atoms with Crippen molar-refractivity contribution in [3.8, 4) is 5.88 Å². The SMILES string of the molecule is Cn1cc(CN2CCC3(CC2)CC(Oc2ncccc2F)CO3)cn1.O=C(O)C(F)(F)F.O=C(O)C(F)(F)F. The lowest BCUT2D eigenvalue weighted by Crippen LogP contribution is -2.44. The highest BCUT2D eigenvalue weighted by Gasteiger charge is 2.44. The standard InChI is InChI=1S/C18H23FN4O2.2C2HF3O2/c1-22-11-14(10-21-22)12-23-7-4-18(5-8-23)9-15(13-24-18)25-17-16(19)3-2-6-20-17;2*3-2(4,5)1(6)7/h2-3,6,10-11,15H,4-5,7-9,12-13H2,1H3;2*(H,6,7). The van der Waals surface area contributed by atoms with E-state index in [1.54, 1.807) is 12.3 Å². The van der Waals surface area contributed by atoms with Crippen LogP contribution in [0.3, 0.4) is 0 Å². The van der Waals surface area contributed by atoms with E-state index in [1.165, 1.54) is 11.6 Å². The van der Waals surface area contributed by atoms with Crippen LogP contribution in [0, 0.1) is 5.82 Å². The van der Waals surface area contributed by atoms with Gasteiger partial charge in [-0.2, -0.15) is 31.4 Å². The Labute approximate surface area is 216 Å². The lowest BCUT2D eigenvalue weighted by molar-refractivity contribution is -0.193. The molecule has 4 rings (SSSR count). The first-order chi connectivity index (χ1) is 18.0. The fourth-order valence-corrected chi connectivity index (χ4v) is 3.77. The number of hydrogen-bond acceptors (Lipinski definition) is 7. The Kier molecular flexibility index (Phi) is 10.6. The Balaban J connectivity index is 0.000000317. The zero-order valence-corrected chi connectivity index (χ0v) is 20.4. The summed E-state index contributed by atoms with van der Waals surface area (Å²) >= 11 is 0. The number of piperidine rings is 1. The highest BCUT2D eigenvalue weighted by atomic mass is 19.4. The summed E-state index contributed by atoms with van der Waals surface area (Å²) in [5.74, 6) is -5.86. The zero-order valence-electron chi connectivity index (χ0n) is 20.4. The van der Waals surface area contributed by atoms with Gasteiger partial charge in [-0.3, -0.25) is 9.58 Å².